The summed E-state index contributed by atoms with van der Waals surface area (Å²) in [6.07, 6.45) is 0. The van der Waals surface area contributed by atoms with Crippen molar-refractivity contribution < 1.29 is 11.0 Å². The summed E-state index contributed by atoms with van der Waals surface area (Å²) in [5.41, 5.74) is -0.0561. The molecule has 10 heavy (non-hydrogen) atoms. The first kappa shape index (κ1) is 5.89. The first-order valence-corrected chi connectivity index (χ1v) is 3.40. The molecule has 0 spiro atoms. The molecule has 1 saturated carbocycles. The zero-order valence-corrected chi connectivity index (χ0v) is 5.97. The Morgan fingerprint density at radius 1 is 1.30 bits per heavy atom. The molecular formula is C7H11NO2. The van der Waals surface area contributed by atoms with Crippen molar-refractivity contribution in [2.45, 2.75) is 13.8 Å². The molecule has 2 atom stereocenters. The van der Waals surface area contributed by atoms with Gasteiger partial charge in [-0.05, 0) is 5.41 Å². The van der Waals surface area contributed by atoms with Gasteiger partial charge in [-0.2, -0.15) is 0 Å². The number of rotatable bonds is 0. The third-order valence-corrected chi connectivity index (χ3v) is 2.64. The van der Waals surface area contributed by atoms with E-state index in [0.29, 0.717) is 0 Å². The fourth-order valence-corrected chi connectivity index (χ4v) is 1.89. The Balaban J connectivity index is 0.000000605. The van der Waals surface area contributed by atoms with Crippen molar-refractivity contribution in [2.24, 2.45) is 17.3 Å². The third kappa shape index (κ3) is 0.426. The molecule has 2 aliphatic rings. The second kappa shape index (κ2) is 1.26. The van der Waals surface area contributed by atoms with Crippen LogP contribution < -0.4 is 5.32 Å². The highest BCUT2D eigenvalue weighted by molar-refractivity contribution is 6.10. The van der Waals surface area contributed by atoms with Crippen LogP contribution in [0.4, 0.5) is 0 Å². The molecule has 0 bridgehead atoms. The summed E-state index contributed by atoms with van der Waals surface area (Å²) >= 11 is 0. The van der Waals surface area contributed by atoms with Gasteiger partial charge in [-0.15, -0.1) is 0 Å². The third-order valence-electron chi connectivity index (χ3n) is 2.64. The fourth-order valence-electron chi connectivity index (χ4n) is 1.89. The summed E-state index contributed by atoms with van der Waals surface area (Å²) < 4.78 is 0. The first-order valence-electron chi connectivity index (χ1n) is 3.40. The number of imide groups is 1. The zero-order chi connectivity index (χ0) is 7.52. The molecule has 3 heteroatoms. The van der Waals surface area contributed by atoms with Crippen LogP contribution in [0, 0.1) is 17.3 Å². The van der Waals surface area contributed by atoms with Crippen molar-refractivity contribution in [2.75, 3.05) is 0 Å². The second-order valence-corrected chi connectivity index (χ2v) is 3.63. The second-order valence-electron chi connectivity index (χ2n) is 3.63. The maximum absolute atomic E-state index is 10.9. The predicted molar refractivity (Wildman–Crippen MR) is 36.0 cm³/mol. The molecule has 0 aromatic heterocycles. The minimum absolute atomic E-state index is 0. The fraction of sp³-hybridized carbons (Fsp3) is 0.714. The molecule has 2 fully saturated rings. The molecule has 2 unspecified atom stereocenters. The van der Waals surface area contributed by atoms with Crippen LogP contribution in [-0.2, 0) is 9.59 Å². The Labute approximate surface area is 60.3 Å². The van der Waals surface area contributed by atoms with E-state index in [1.54, 1.807) is 0 Å². The topological polar surface area (TPSA) is 46.2 Å². The minimum atomic E-state index is -0.0833. The van der Waals surface area contributed by atoms with Gasteiger partial charge in [0, 0.05) is 1.43 Å². The predicted octanol–water partition coefficient (Wildman–Crippen LogP) is 0.161. The summed E-state index contributed by atoms with van der Waals surface area (Å²) in [6.45, 7) is 3.91. The molecule has 1 heterocycles. The molecule has 1 aliphatic carbocycles. The van der Waals surface area contributed by atoms with Gasteiger partial charge in [0.15, 0.2) is 0 Å². The van der Waals surface area contributed by atoms with Gasteiger partial charge < -0.3 is 0 Å². The summed E-state index contributed by atoms with van der Waals surface area (Å²) in [7, 11) is 0. The smallest absolute Gasteiger partial charge is 0.231 e. The molecule has 1 saturated heterocycles. The van der Waals surface area contributed by atoms with E-state index in [9.17, 15) is 9.59 Å². The maximum atomic E-state index is 10.9. The van der Waals surface area contributed by atoms with Crippen LogP contribution >= 0.6 is 0 Å². The Bertz CT molecular complexity index is 215. The van der Waals surface area contributed by atoms with E-state index in [1.807, 2.05) is 13.8 Å². The lowest BCUT2D eigenvalue weighted by atomic mass is 10.1. The Morgan fingerprint density at radius 2 is 1.70 bits per heavy atom. The molecule has 56 valence electrons. The summed E-state index contributed by atoms with van der Waals surface area (Å²) in [4.78, 5) is 21.8. The van der Waals surface area contributed by atoms with E-state index in [2.05, 4.69) is 5.32 Å². The molecule has 2 rings (SSSR count). The van der Waals surface area contributed by atoms with Crippen LogP contribution in [0.3, 0.4) is 0 Å². The minimum Gasteiger partial charge on any atom is -0.296 e. The molecule has 0 radical (unpaired) electrons. The van der Waals surface area contributed by atoms with Crippen molar-refractivity contribution in [3.05, 3.63) is 0 Å². The van der Waals surface area contributed by atoms with Crippen LogP contribution in [0.25, 0.3) is 0 Å². The van der Waals surface area contributed by atoms with Gasteiger partial charge in [-0.3, -0.25) is 14.9 Å². The summed E-state index contributed by atoms with van der Waals surface area (Å²) in [5.74, 6) is -0.222. The van der Waals surface area contributed by atoms with Crippen LogP contribution in [0.1, 0.15) is 15.3 Å². The maximum Gasteiger partial charge on any atom is 0.231 e. The van der Waals surface area contributed by atoms with Crippen LogP contribution in [0.5, 0.6) is 0 Å². The molecule has 3 nitrogen and oxygen atoms in total. The van der Waals surface area contributed by atoms with Crippen molar-refractivity contribution in [1.29, 1.82) is 0 Å². The van der Waals surface area contributed by atoms with Crippen LogP contribution in [0.15, 0.2) is 0 Å². The highest BCUT2D eigenvalue weighted by atomic mass is 16.2. The standard InChI is InChI=1S/C7H9NO2.H2/c1-7(2)3-4(7)6(10)8-5(3)9;/h3-4H,1-2H3,(H,8,9,10);1H. The van der Waals surface area contributed by atoms with E-state index in [4.69, 9.17) is 0 Å². The largest absolute Gasteiger partial charge is 0.296 e. The van der Waals surface area contributed by atoms with E-state index < -0.39 is 0 Å². The van der Waals surface area contributed by atoms with E-state index in [1.165, 1.54) is 0 Å². The summed E-state index contributed by atoms with van der Waals surface area (Å²) in [5, 5.41) is 2.29. The van der Waals surface area contributed by atoms with Gasteiger partial charge in [0.2, 0.25) is 11.8 Å². The number of carbonyl (C=O) groups is 2. The van der Waals surface area contributed by atoms with Crippen LogP contribution in [0.2, 0.25) is 0 Å². The number of hydrogen-bond donors (Lipinski definition) is 1. The van der Waals surface area contributed by atoms with Gasteiger partial charge >= 0.3 is 0 Å². The van der Waals surface area contributed by atoms with Gasteiger partial charge in [0.25, 0.3) is 0 Å². The highest BCUT2D eigenvalue weighted by Gasteiger charge is 2.69. The van der Waals surface area contributed by atoms with Crippen molar-refractivity contribution in [3.63, 3.8) is 0 Å². The lowest BCUT2D eigenvalue weighted by molar-refractivity contribution is -0.128. The Hall–Kier alpha value is -0.860. The van der Waals surface area contributed by atoms with Gasteiger partial charge in [-0.25, -0.2) is 0 Å². The van der Waals surface area contributed by atoms with Crippen LogP contribution in [-0.4, -0.2) is 11.8 Å². The summed E-state index contributed by atoms with van der Waals surface area (Å²) in [6, 6.07) is 0. The molecule has 1 N–H and O–H groups in total. The number of hydrogen-bond acceptors (Lipinski definition) is 2. The Kier molecular flexibility index (Phi) is 0.743. The molecular weight excluding hydrogens is 130 g/mol. The molecule has 2 amide bonds. The quantitative estimate of drug-likeness (QED) is 0.488. The van der Waals surface area contributed by atoms with Gasteiger partial charge in [-0.1, -0.05) is 13.8 Å². The SMILES string of the molecule is CC1(C)C2C(=O)NC(=O)C21.[HH]. The normalized spacial score (nSPS) is 41.0. The monoisotopic (exact) mass is 141 g/mol. The van der Waals surface area contributed by atoms with Gasteiger partial charge in [0.1, 0.15) is 0 Å². The zero-order valence-electron chi connectivity index (χ0n) is 5.97. The number of nitrogens with one attached hydrogen (secondary N) is 1. The number of piperidine rings is 1. The van der Waals surface area contributed by atoms with E-state index in [0.717, 1.165) is 0 Å². The molecule has 0 aromatic carbocycles. The highest BCUT2D eigenvalue weighted by Crippen LogP contribution is 2.60. The first-order chi connectivity index (χ1) is 4.55. The van der Waals surface area contributed by atoms with Crippen molar-refractivity contribution >= 4 is 11.8 Å². The number of amides is 2. The average molecular weight is 141 g/mol. The lowest BCUT2D eigenvalue weighted by Crippen LogP contribution is -2.29. The average Bonchev–Trinajstić information content (AvgIpc) is 2.17. The number of fused-ring (bicyclic) bond motifs is 1. The molecule has 0 aromatic rings. The Morgan fingerprint density at radius 3 is 1.90 bits per heavy atom. The lowest BCUT2D eigenvalue weighted by Gasteiger charge is -2.05. The van der Waals surface area contributed by atoms with Gasteiger partial charge in [0.05, 0.1) is 11.8 Å². The van der Waals surface area contributed by atoms with E-state index >= 15 is 0 Å². The van der Waals surface area contributed by atoms with Crippen molar-refractivity contribution in [1.82, 2.24) is 5.32 Å². The molecule has 1 aliphatic heterocycles. The van der Waals surface area contributed by atoms with Crippen molar-refractivity contribution in [3.8, 4) is 0 Å². The number of carbonyl (C=O) groups excluding carboxylic acids is 2. The van der Waals surface area contributed by atoms with E-state index in [-0.39, 0.29) is 30.5 Å².